The van der Waals surface area contributed by atoms with Crippen LogP contribution in [0.1, 0.15) is 10.4 Å². The van der Waals surface area contributed by atoms with Crippen LogP contribution in [0, 0.1) is 0 Å². The highest BCUT2D eigenvalue weighted by Gasteiger charge is 2.20. The molecular formula is C18H18BrN5O4S. The number of methoxy groups -OCH3 is 1. The number of ketones is 1. The van der Waals surface area contributed by atoms with Gasteiger partial charge >= 0.3 is 5.69 Å². The van der Waals surface area contributed by atoms with Crippen molar-refractivity contribution in [3.8, 4) is 11.3 Å². The molecule has 0 bridgehead atoms. The third-order valence-corrected chi connectivity index (χ3v) is 5.50. The second-order valence-corrected chi connectivity index (χ2v) is 7.86. The van der Waals surface area contributed by atoms with Gasteiger partial charge in [-0.1, -0.05) is 39.8 Å². The lowest BCUT2D eigenvalue weighted by Crippen LogP contribution is -2.37. The van der Waals surface area contributed by atoms with Gasteiger partial charge in [-0.05, 0) is 17.7 Å². The van der Waals surface area contributed by atoms with Crippen molar-refractivity contribution in [3.63, 3.8) is 0 Å². The first-order valence-electron chi connectivity index (χ1n) is 8.49. The first-order chi connectivity index (χ1) is 13.9. The Hall–Kier alpha value is -2.63. The van der Waals surface area contributed by atoms with Gasteiger partial charge in [0.15, 0.2) is 10.9 Å². The number of nitrogens with zero attached hydrogens (tertiary/aromatic N) is 2. The van der Waals surface area contributed by atoms with Gasteiger partial charge in [0.25, 0.3) is 5.56 Å². The number of halogens is 1. The van der Waals surface area contributed by atoms with E-state index in [1.165, 1.54) is 7.11 Å². The Morgan fingerprint density at radius 1 is 1.28 bits per heavy atom. The molecule has 2 aromatic heterocycles. The van der Waals surface area contributed by atoms with Gasteiger partial charge in [-0.25, -0.2) is 9.78 Å². The fourth-order valence-corrected chi connectivity index (χ4v) is 3.61. The van der Waals surface area contributed by atoms with Crippen LogP contribution in [-0.2, 0) is 11.3 Å². The summed E-state index contributed by atoms with van der Waals surface area (Å²) in [5.41, 5.74) is 5.94. The van der Waals surface area contributed by atoms with E-state index in [2.05, 4.69) is 30.9 Å². The topological polar surface area (TPSA) is 136 Å². The van der Waals surface area contributed by atoms with Crippen LogP contribution in [0.15, 0.2) is 49.7 Å². The molecule has 29 heavy (non-hydrogen) atoms. The van der Waals surface area contributed by atoms with E-state index in [1.807, 2.05) is 24.3 Å². The SMILES string of the molecule is COCCn1c(N)c(C(=O)CSc2ncc(-c3ccc(Br)cc3)[nH]2)c(=O)[nH]c1=O. The maximum Gasteiger partial charge on any atom is 0.330 e. The molecule has 0 atom stereocenters. The lowest BCUT2D eigenvalue weighted by Gasteiger charge is -2.11. The van der Waals surface area contributed by atoms with Gasteiger partial charge in [0, 0.05) is 11.6 Å². The van der Waals surface area contributed by atoms with Crippen molar-refractivity contribution in [1.82, 2.24) is 19.5 Å². The number of rotatable bonds is 8. The summed E-state index contributed by atoms with van der Waals surface area (Å²) in [6.07, 6.45) is 1.67. The van der Waals surface area contributed by atoms with Crippen LogP contribution in [0.25, 0.3) is 11.3 Å². The van der Waals surface area contributed by atoms with Crippen LogP contribution in [-0.4, -0.2) is 44.8 Å². The number of carbonyl (C=O) groups is 1. The van der Waals surface area contributed by atoms with Gasteiger partial charge in [0.05, 0.1) is 30.8 Å². The summed E-state index contributed by atoms with van der Waals surface area (Å²) in [6.45, 7) is 0.337. The minimum atomic E-state index is -0.804. The van der Waals surface area contributed by atoms with Crippen LogP contribution in [0.5, 0.6) is 0 Å². The third kappa shape index (κ3) is 4.86. The number of hydrogen-bond acceptors (Lipinski definition) is 7. The lowest BCUT2D eigenvalue weighted by molar-refractivity contribution is 0.102. The van der Waals surface area contributed by atoms with E-state index < -0.39 is 17.0 Å². The fraction of sp³-hybridized carbons (Fsp3) is 0.222. The summed E-state index contributed by atoms with van der Waals surface area (Å²) in [6, 6.07) is 7.70. The van der Waals surface area contributed by atoms with Gasteiger partial charge in [0.2, 0.25) is 0 Å². The second kappa shape index (κ2) is 9.25. The molecule has 0 unspecified atom stereocenters. The number of thioether (sulfide) groups is 1. The highest BCUT2D eigenvalue weighted by molar-refractivity contribution is 9.10. The monoisotopic (exact) mass is 479 g/mol. The normalized spacial score (nSPS) is 11.0. The second-order valence-electron chi connectivity index (χ2n) is 5.98. The number of Topliss-reactive ketones (excluding diaryl/α,β-unsaturated/α-hetero) is 1. The zero-order valence-corrected chi connectivity index (χ0v) is 17.8. The Morgan fingerprint density at radius 2 is 2.00 bits per heavy atom. The molecule has 0 spiro atoms. The van der Waals surface area contributed by atoms with Crippen molar-refractivity contribution in [2.45, 2.75) is 11.7 Å². The Kier molecular flexibility index (Phi) is 6.72. The highest BCUT2D eigenvalue weighted by Crippen LogP contribution is 2.23. The number of ether oxygens (including phenoxy) is 1. The number of benzene rings is 1. The summed E-state index contributed by atoms with van der Waals surface area (Å²) >= 11 is 4.53. The first kappa shape index (κ1) is 21.1. The van der Waals surface area contributed by atoms with E-state index in [4.69, 9.17) is 10.5 Å². The van der Waals surface area contributed by atoms with Crippen LogP contribution < -0.4 is 17.0 Å². The van der Waals surface area contributed by atoms with E-state index in [-0.39, 0.29) is 30.3 Å². The minimum absolute atomic E-state index is 0.0664. The van der Waals surface area contributed by atoms with Crippen molar-refractivity contribution in [3.05, 3.63) is 61.3 Å². The fourth-order valence-electron chi connectivity index (χ4n) is 2.62. The Labute approximate surface area is 177 Å². The number of aromatic nitrogens is 4. The number of hydrogen-bond donors (Lipinski definition) is 3. The Bertz CT molecular complexity index is 1140. The number of carbonyl (C=O) groups excluding carboxylic acids is 1. The molecule has 0 amide bonds. The molecule has 3 aromatic rings. The summed E-state index contributed by atoms with van der Waals surface area (Å²) in [4.78, 5) is 46.1. The van der Waals surface area contributed by atoms with Gasteiger partial charge < -0.3 is 15.5 Å². The molecule has 0 saturated carbocycles. The lowest BCUT2D eigenvalue weighted by atomic mass is 10.2. The number of nitrogens with two attached hydrogens (primary N) is 1. The van der Waals surface area contributed by atoms with E-state index >= 15 is 0 Å². The molecule has 0 radical (unpaired) electrons. The maximum atomic E-state index is 12.6. The predicted octanol–water partition coefficient (Wildman–Crippen LogP) is 1.89. The zero-order valence-electron chi connectivity index (χ0n) is 15.4. The third-order valence-electron chi connectivity index (χ3n) is 4.09. The smallest absolute Gasteiger partial charge is 0.330 e. The number of anilines is 1. The van der Waals surface area contributed by atoms with Crippen molar-refractivity contribution in [2.75, 3.05) is 25.2 Å². The van der Waals surface area contributed by atoms with Gasteiger partial charge in [-0.15, -0.1) is 0 Å². The molecule has 3 rings (SSSR count). The first-order valence-corrected chi connectivity index (χ1v) is 10.3. The maximum absolute atomic E-state index is 12.6. The van der Waals surface area contributed by atoms with Crippen LogP contribution in [0.4, 0.5) is 5.82 Å². The van der Waals surface area contributed by atoms with Crippen molar-refractivity contribution < 1.29 is 9.53 Å². The van der Waals surface area contributed by atoms with E-state index in [1.54, 1.807) is 6.20 Å². The molecule has 0 aliphatic heterocycles. The quantitative estimate of drug-likeness (QED) is 0.331. The molecule has 2 heterocycles. The summed E-state index contributed by atoms with van der Waals surface area (Å²) in [5.74, 6) is -0.735. The number of H-pyrrole nitrogens is 2. The van der Waals surface area contributed by atoms with Crippen LogP contribution >= 0.6 is 27.7 Å². The van der Waals surface area contributed by atoms with Gasteiger partial charge in [0.1, 0.15) is 11.4 Å². The van der Waals surface area contributed by atoms with Crippen molar-refractivity contribution >= 4 is 39.3 Å². The number of nitrogens with one attached hydrogen (secondary N) is 2. The minimum Gasteiger partial charge on any atom is -0.384 e. The zero-order chi connectivity index (χ0) is 21.0. The average molecular weight is 480 g/mol. The number of imidazole rings is 1. The molecule has 152 valence electrons. The Morgan fingerprint density at radius 3 is 2.69 bits per heavy atom. The molecule has 0 fully saturated rings. The van der Waals surface area contributed by atoms with Gasteiger partial charge in [-0.3, -0.25) is 19.1 Å². The number of aromatic amines is 2. The van der Waals surface area contributed by atoms with Crippen LogP contribution in [0.3, 0.4) is 0 Å². The highest BCUT2D eigenvalue weighted by atomic mass is 79.9. The summed E-state index contributed by atoms with van der Waals surface area (Å²) in [7, 11) is 1.47. The molecule has 0 saturated heterocycles. The van der Waals surface area contributed by atoms with Crippen molar-refractivity contribution in [1.29, 1.82) is 0 Å². The van der Waals surface area contributed by atoms with Gasteiger partial charge in [-0.2, -0.15) is 0 Å². The summed E-state index contributed by atoms with van der Waals surface area (Å²) in [5, 5.41) is 0.527. The van der Waals surface area contributed by atoms with E-state index in [0.717, 1.165) is 32.1 Å². The standard InChI is InChI=1S/C18H18BrN5O4S/c1-28-7-6-24-15(20)14(16(26)23-18(24)27)13(25)9-29-17-21-8-12(22-17)10-2-4-11(19)5-3-10/h2-5,8H,6-7,9,20H2,1H3,(H,21,22)(H,23,26,27). The molecule has 0 aliphatic rings. The molecule has 0 aliphatic carbocycles. The molecule has 11 heteroatoms. The van der Waals surface area contributed by atoms with Crippen molar-refractivity contribution in [2.24, 2.45) is 0 Å². The molecule has 9 nitrogen and oxygen atoms in total. The summed E-state index contributed by atoms with van der Waals surface area (Å²) < 4.78 is 7.01. The van der Waals surface area contributed by atoms with Crippen LogP contribution in [0.2, 0.25) is 0 Å². The Balaban J connectivity index is 1.75. The average Bonchev–Trinajstić information content (AvgIpc) is 3.15. The molecule has 1 aromatic carbocycles. The van der Waals surface area contributed by atoms with E-state index in [0.29, 0.717) is 5.16 Å². The molecule has 4 N–H and O–H groups in total. The van der Waals surface area contributed by atoms with E-state index in [9.17, 15) is 14.4 Å². The number of nitrogen functional groups attached to an aromatic ring is 1. The molecular weight excluding hydrogens is 462 g/mol. The predicted molar refractivity (Wildman–Crippen MR) is 114 cm³/mol. The largest absolute Gasteiger partial charge is 0.384 e.